The van der Waals surface area contributed by atoms with Crippen LogP contribution in [0.25, 0.3) is 0 Å². The fourth-order valence-electron chi connectivity index (χ4n) is 1.87. The quantitative estimate of drug-likeness (QED) is 0.623. The number of amides is 1. The molecule has 1 saturated heterocycles. The van der Waals surface area contributed by atoms with Crippen LogP contribution >= 0.6 is 0 Å². The first kappa shape index (κ1) is 11.1. The fourth-order valence-corrected chi connectivity index (χ4v) is 1.87. The average Bonchev–Trinajstić information content (AvgIpc) is 2.18. The largest absolute Gasteiger partial charge is 0.378 e. The maximum Gasteiger partial charge on any atom is 0.219 e. The zero-order valence-electron chi connectivity index (χ0n) is 8.79. The summed E-state index contributed by atoms with van der Waals surface area (Å²) in [6, 6.07) is 0. The molecule has 0 aromatic carbocycles. The minimum atomic E-state index is -1.02. The standard InChI is InChI=1S/C11H17NO2/c1-4-11(3,14)10-5-7-12(8-6-10)9(2)13/h1,10,14H,5-8H2,2-3H3. The number of hydrogen-bond acceptors (Lipinski definition) is 2. The molecule has 0 aromatic rings. The summed E-state index contributed by atoms with van der Waals surface area (Å²) in [5.41, 5.74) is -1.02. The molecule has 1 fully saturated rings. The number of terminal acetylenes is 1. The van der Waals surface area contributed by atoms with Crippen LogP contribution in [-0.2, 0) is 4.79 Å². The number of rotatable bonds is 1. The van der Waals surface area contributed by atoms with Gasteiger partial charge in [-0.3, -0.25) is 4.79 Å². The highest BCUT2D eigenvalue weighted by atomic mass is 16.3. The molecule has 0 bridgehead atoms. The van der Waals surface area contributed by atoms with Crippen molar-refractivity contribution in [1.29, 1.82) is 0 Å². The molecule has 1 unspecified atom stereocenters. The first-order chi connectivity index (χ1) is 6.47. The van der Waals surface area contributed by atoms with E-state index in [1.165, 1.54) is 0 Å². The van der Waals surface area contributed by atoms with Crippen molar-refractivity contribution in [3.63, 3.8) is 0 Å². The second-order valence-electron chi connectivity index (χ2n) is 4.07. The Hall–Kier alpha value is -1.01. The zero-order chi connectivity index (χ0) is 10.8. The smallest absolute Gasteiger partial charge is 0.219 e. The van der Waals surface area contributed by atoms with Crippen LogP contribution in [-0.4, -0.2) is 34.6 Å². The molecular formula is C11H17NO2. The number of piperidine rings is 1. The van der Waals surface area contributed by atoms with Crippen LogP contribution in [0.3, 0.4) is 0 Å². The van der Waals surface area contributed by atoms with Crippen molar-refractivity contribution in [2.75, 3.05) is 13.1 Å². The molecule has 0 aliphatic carbocycles. The summed E-state index contributed by atoms with van der Waals surface area (Å²) in [6.07, 6.45) is 6.83. The van der Waals surface area contributed by atoms with Crippen LogP contribution in [0.1, 0.15) is 26.7 Å². The van der Waals surface area contributed by atoms with Gasteiger partial charge in [0, 0.05) is 25.9 Å². The second-order valence-corrected chi connectivity index (χ2v) is 4.07. The van der Waals surface area contributed by atoms with Gasteiger partial charge in [-0.15, -0.1) is 6.42 Å². The predicted molar refractivity (Wildman–Crippen MR) is 54.4 cm³/mol. The molecule has 1 amide bonds. The van der Waals surface area contributed by atoms with Crippen molar-refractivity contribution < 1.29 is 9.90 Å². The third kappa shape index (κ3) is 2.27. The molecule has 1 atom stereocenters. The van der Waals surface area contributed by atoms with Crippen LogP contribution in [0.15, 0.2) is 0 Å². The lowest BCUT2D eigenvalue weighted by molar-refractivity contribution is -0.131. The third-order valence-corrected chi connectivity index (χ3v) is 3.03. The highest BCUT2D eigenvalue weighted by Crippen LogP contribution is 2.27. The molecule has 0 saturated carbocycles. The van der Waals surface area contributed by atoms with Gasteiger partial charge in [0.2, 0.25) is 5.91 Å². The second kappa shape index (κ2) is 4.02. The van der Waals surface area contributed by atoms with Crippen molar-refractivity contribution in [2.24, 2.45) is 5.92 Å². The van der Waals surface area contributed by atoms with E-state index in [0.29, 0.717) is 13.1 Å². The topological polar surface area (TPSA) is 40.5 Å². The van der Waals surface area contributed by atoms with E-state index in [2.05, 4.69) is 5.92 Å². The normalized spacial score (nSPS) is 22.6. The Kier molecular flexibility index (Phi) is 3.17. The van der Waals surface area contributed by atoms with Gasteiger partial charge in [0.05, 0.1) is 0 Å². The molecule has 78 valence electrons. The lowest BCUT2D eigenvalue weighted by Crippen LogP contribution is -2.44. The highest BCUT2D eigenvalue weighted by molar-refractivity contribution is 5.73. The van der Waals surface area contributed by atoms with E-state index >= 15 is 0 Å². The molecule has 1 heterocycles. The van der Waals surface area contributed by atoms with Crippen molar-refractivity contribution >= 4 is 5.91 Å². The molecule has 1 N–H and O–H groups in total. The van der Waals surface area contributed by atoms with Crippen LogP contribution in [0.5, 0.6) is 0 Å². The van der Waals surface area contributed by atoms with Crippen molar-refractivity contribution in [2.45, 2.75) is 32.3 Å². The molecule has 1 rings (SSSR count). The van der Waals surface area contributed by atoms with Gasteiger partial charge in [0.15, 0.2) is 0 Å². The Morgan fingerprint density at radius 2 is 2.07 bits per heavy atom. The number of nitrogens with zero attached hydrogens (tertiary/aromatic N) is 1. The van der Waals surface area contributed by atoms with Gasteiger partial charge in [-0.1, -0.05) is 5.92 Å². The van der Waals surface area contributed by atoms with Crippen LogP contribution < -0.4 is 0 Å². The summed E-state index contributed by atoms with van der Waals surface area (Å²) in [5, 5.41) is 9.83. The van der Waals surface area contributed by atoms with Crippen molar-refractivity contribution in [3.8, 4) is 12.3 Å². The average molecular weight is 195 g/mol. The van der Waals surface area contributed by atoms with Gasteiger partial charge in [0.25, 0.3) is 0 Å². The lowest BCUT2D eigenvalue weighted by atomic mass is 9.82. The molecular weight excluding hydrogens is 178 g/mol. The molecule has 3 nitrogen and oxygen atoms in total. The van der Waals surface area contributed by atoms with E-state index in [1.54, 1.807) is 18.7 Å². The maximum atomic E-state index is 11.0. The summed E-state index contributed by atoms with van der Waals surface area (Å²) in [5.74, 6) is 2.62. The highest BCUT2D eigenvalue weighted by Gasteiger charge is 2.33. The van der Waals surface area contributed by atoms with Crippen LogP contribution in [0.4, 0.5) is 0 Å². The number of likely N-dealkylation sites (tertiary alicyclic amines) is 1. The fraction of sp³-hybridized carbons (Fsp3) is 0.727. The van der Waals surface area contributed by atoms with E-state index in [4.69, 9.17) is 6.42 Å². The van der Waals surface area contributed by atoms with Gasteiger partial charge in [-0.25, -0.2) is 0 Å². The minimum absolute atomic E-state index is 0.101. The minimum Gasteiger partial charge on any atom is -0.378 e. The van der Waals surface area contributed by atoms with E-state index in [1.807, 2.05) is 0 Å². The number of carbonyl (C=O) groups excluding carboxylic acids is 1. The Morgan fingerprint density at radius 1 is 1.57 bits per heavy atom. The number of hydrogen-bond donors (Lipinski definition) is 1. The van der Waals surface area contributed by atoms with Gasteiger partial charge < -0.3 is 10.0 Å². The molecule has 0 radical (unpaired) electrons. The molecule has 14 heavy (non-hydrogen) atoms. The number of carbonyl (C=O) groups is 1. The first-order valence-corrected chi connectivity index (χ1v) is 4.93. The van der Waals surface area contributed by atoms with Gasteiger partial charge in [-0.05, 0) is 19.8 Å². The van der Waals surface area contributed by atoms with Crippen molar-refractivity contribution in [3.05, 3.63) is 0 Å². The van der Waals surface area contributed by atoms with Gasteiger partial charge >= 0.3 is 0 Å². The number of aliphatic hydroxyl groups is 1. The SMILES string of the molecule is C#CC(C)(O)C1CCN(C(C)=O)CC1. The van der Waals surface area contributed by atoms with Gasteiger partial charge in [0.1, 0.15) is 5.60 Å². The summed E-state index contributed by atoms with van der Waals surface area (Å²) < 4.78 is 0. The Morgan fingerprint density at radius 3 is 2.43 bits per heavy atom. The van der Waals surface area contributed by atoms with Crippen LogP contribution in [0.2, 0.25) is 0 Å². The molecule has 1 aliphatic rings. The van der Waals surface area contributed by atoms with Crippen molar-refractivity contribution in [1.82, 2.24) is 4.90 Å². The Labute approximate surface area is 85.1 Å². The maximum absolute atomic E-state index is 11.0. The predicted octanol–water partition coefficient (Wildman–Crippen LogP) is 0.629. The Balaban J connectivity index is 2.52. The molecule has 1 aliphatic heterocycles. The Bertz CT molecular complexity index is 257. The summed E-state index contributed by atoms with van der Waals surface area (Å²) in [7, 11) is 0. The zero-order valence-corrected chi connectivity index (χ0v) is 8.79. The lowest BCUT2D eigenvalue weighted by Gasteiger charge is -2.36. The summed E-state index contributed by atoms with van der Waals surface area (Å²) in [6.45, 7) is 4.65. The molecule has 3 heteroatoms. The summed E-state index contributed by atoms with van der Waals surface area (Å²) >= 11 is 0. The first-order valence-electron chi connectivity index (χ1n) is 4.93. The third-order valence-electron chi connectivity index (χ3n) is 3.03. The molecule has 0 spiro atoms. The van der Waals surface area contributed by atoms with E-state index in [0.717, 1.165) is 12.8 Å². The summed E-state index contributed by atoms with van der Waals surface area (Å²) in [4.78, 5) is 12.8. The van der Waals surface area contributed by atoms with E-state index in [9.17, 15) is 9.90 Å². The van der Waals surface area contributed by atoms with E-state index < -0.39 is 5.60 Å². The van der Waals surface area contributed by atoms with Crippen LogP contribution in [0, 0.1) is 18.3 Å². The van der Waals surface area contributed by atoms with Gasteiger partial charge in [-0.2, -0.15) is 0 Å². The van der Waals surface area contributed by atoms with E-state index in [-0.39, 0.29) is 11.8 Å². The molecule has 0 aromatic heterocycles. The monoisotopic (exact) mass is 195 g/mol.